The van der Waals surface area contributed by atoms with Crippen LogP contribution in [0.5, 0.6) is 0 Å². The zero-order valence-corrected chi connectivity index (χ0v) is 11.0. The minimum absolute atomic E-state index is 0.0111. The van der Waals surface area contributed by atoms with Crippen LogP contribution < -0.4 is 10.9 Å². The van der Waals surface area contributed by atoms with E-state index in [1.165, 1.54) is 12.0 Å². The highest BCUT2D eigenvalue weighted by atomic mass is 16.1. The lowest BCUT2D eigenvalue weighted by atomic mass is 10.1. The van der Waals surface area contributed by atoms with Crippen molar-refractivity contribution >= 4 is 10.8 Å². The number of hydrogen-bond donors (Lipinski definition) is 2. The zero-order chi connectivity index (χ0) is 13.1. The molecule has 0 atom stereocenters. The van der Waals surface area contributed by atoms with Crippen molar-refractivity contribution in [1.29, 1.82) is 0 Å². The molecule has 0 spiro atoms. The Morgan fingerprint density at radius 1 is 1.16 bits per heavy atom. The van der Waals surface area contributed by atoms with Crippen LogP contribution in [0.2, 0.25) is 0 Å². The molecule has 4 heteroatoms. The van der Waals surface area contributed by atoms with Gasteiger partial charge in [0.15, 0.2) is 0 Å². The predicted octanol–water partition coefficient (Wildman–Crippen LogP) is 1.32. The molecular formula is C15H19N3O. The molecular weight excluding hydrogens is 238 g/mol. The number of aromatic amines is 1. The van der Waals surface area contributed by atoms with Crippen molar-refractivity contribution in [2.45, 2.75) is 13.0 Å². The van der Waals surface area contributed by atoms with Gasteiger partial charge in [-0.25, -0.2) is 0 Å². The second kappa shape index (κ2) is 5.55. The van der Waals surface area contributed by atoms with E-state index in [2.05, 4.69) is 27.3 Å². The number of fused-ring (bicyclic) bond motifs is 1. The second-order valence-corrected chi connectivity index (χ2v) is 5.11. The maximum Gasteiger partial charge on any atom is 0.255 e. The summed E-state index contributed by atoms with van der Waals surface area (Å²) in [5, 5.41) is 5.20. The summed E-state index contributed by atoms with van der Waals surface area (Å²) in [5.41, 5.74) is 1.27. The first-order valence-electron chi connectivity index (χ1n) is 6.86. The highest BCUT2D eigenvalue weighted by Crippen LogP contribution is 2.14. The van der Waals surface area contributed by atoms with Crippen LogP contribution in [0.4, 0.5) is 0 Å². The van der Waals surface area contributed by atoms with Crippen molar-refractivity contribution < 1.29 is 0 Å². The normalized spacial score (nSPS) is 17.5. The van der Waals surface area contributed by atoms with E-state index in [1.54, 1.807) is 6.20 Å². The highest BCUT2D eigenvalue weighted by molar-refractivity contribution is 5.81. The Morgan fingerprint density at radius 3 is 3.05 bits per heavy atom. The van der Waals surface area contributed by atoms with Gasteiger partial charge in [0, 0.05) is 31.2 Å². The molecule has 0 aliphatic carbocycles. The SMILES string of the molecule is O=c1[nH]ccc2cc(CN3CCCNCC3)ccc12. The Kier molecular flexibility index (Phi) is 3.62. The monoisotopic (exact) mass is 257 g/mol. The van der Waals surface area contributed by atoms with Gasteiger partial charge in [-0.1, -0.05) is 6.07 Å². The van der Waals surface area contributed by atoms with Gasteiger partial charge in [-0.05, 0) is 48.7 Å². The van der Waals surface area contributed by atoms with Gasteiger partial charge in [-0.3, -0.25) is 9.69 Å². The quantitative estimate of drug-likeness (QED) is 0.853. The molecule has 0 amide bonds. The van der Waals surface area contributed by atoms with Crippen LogP contribution in [0, 0.1) is 0 Å². The summed E-state index contributed by atoms with van der Waals surface area (Å²) >= 11 is 0. The molecule has 19 heavy (non-hydrogen) atoms. The van der Waals surface area contributed by atoms with E-state index in [-0.39, 0.29) is 5.56 Å². The molecule has 0 unspecified atom stereocenters. The number of H-pyrrole nitrogens is 1. The molecule has 1 aromatic heterocycles. The minimum atomic E-state index is -0.0111. The maximum absolute atomic E-state index is 11.7. The fourth-order valence-electron chi connectivity index (χ4n) is 2.66. The smallest absolute Gasteiger partial charge is 0.255 e. The van der Waals surface area contributed by atoms with Crippen LogP contribution in [0.25, 0.3) is 10.8 Å². The lowest BCUT2D eigenvalue weighted by molar-refractivity contribution is 0.284. The Bertz CT molecular complexity index is 612. The Morgan fingerprint density at radius 2 is 2.11 bits per heavy atom. The van der Waals surface area contributed by atoms with Gasteiger partial charge < -0.3 is 10.3 Å². The third-order valence-electron chi connectivity index (χ3n) is 3.68. The van der Waals surface area contributed by atoms with E-state index >= 15 is 0 Å². The molecule has 2 N–H and O–H groups in total. The van der Waals surface area contributed by atoms with E-state index < -0.39 is 0 Å². The number of rotatable bonds is 2. The van der Waals surface area contributed by atoms with Crippen LogP contribution in [-0.4, -0.2) is 36.1 Å². The molecule has 3 rings (SSSR count). The predicted molar refractivity (Wildman–Crippen MR) is 77.3 cm³/mol. The van der Waals surface area contributed by atoms with Gasteiger partial charge in [0.25, 0.3) is 5.56 Å². The number of nitrogens with zero attached hydrogens (tertiary/aromatic N) is 1. The summed E-state index contributed by atoms with van der Waals surface area (Å²) in [5.74, 6) is 0. The van der Waals surface area contributed by atoms with Crippen LogP contribution in [0.1, 0.15) is 12.0 Å². The first-order valence-corrected chi connectivity index (χ1v) is 6.86. The van der Waals surface area contributed by atoms with Crippen molar-refractivity contribution in [2.75, 3.05) is 26.2 Å². The molecule has 1 aliphatic rings. The third kappa shape index (κ3) is 2.85. The fourth-order valence-corrected chi connectivity index (χ4v) is 2.66. The number of aromatic nitrogens is 1. The van der Waals surface area contributed by atoms with Gasteiger partial charge in [-0.2, -0.15) is 0 Å². The lowest BCUT2D eigenvalue weighted by Crippen LogP contribution is -2.27. The minimum Gasteiger partial charge on any atom is -0.329 e. The van der Waals surface area contributed by atoms with E-state index in [0.29, 0.717) is 0 Å². The van der Waals surface area contributed by atoms with Crippen LogP contribution in [0.3, 0.4) is 0 Å². The van der Waals surface area contributed by atoms with Crippen molar-refractivity contribution in [2.24, 2.45) is 0 Å². The molecule has 1 saturated heterocycles. The van der Waals surface area contributed by atoms with Crippen LogP contribution in [-0.2, 0) is 6.54 Å². The zero-order valence-electron chi connectivity index (χ0n) is 11.0. The Balaban J connectivity index is 1.83. The third-order valence-corrected chi connectivity index (χ3v) is 3.68. The van der Waals surface area contributed by atoms with E-state index in [4.69, 9.17) is 0 Å². The van der Waals surface area contributed by atoms with Gasteiger partial charge in [0.05, 0.1) is 0 Å². The molecule has 2 aromatic rings. The van der Waals surface area contributed by atoms with Crippen molar-refractivity contribution in [3.05, 3.63) is 46.4 Å². The largest absolute Gasteiger partial charge is 0.329 e. The first kappa shape index (κ1) is 12.4. The summed E-state index contributed by atoms with van der Waals surface area (Å²) in [7, 11) is 0. The van der Waals surface area contributed by atoms with E-state index in [1.807, 2.05) is 12.1 Å². The number of hydrogen-bond acceptors (Lipinski definition) is 3. The summed E-state index contributed by atoms with van der Waals surface area (Å²) in [4.78, 5) is 16.8. The summed E-state index contributed by atoms with van der Waals surface area (Å²) in [6.07, 6.45) is 2.91. The van der Waals surface area contributed by atoms with E-state index in [9.17, 15) is 4.79 Å². The summed E-state index contributed by atoms with van der Waals surface area (Å²) in [6, 6.07) is 8.09. The first-order chi connectivity index (χ1) is 9.33. The molecule has 0 saturated carbocycles. The van der Waals surface area contributed by atoms with Gasteiger partial charge >= 0.3 is 0 Å². The van der Waals surface area contributed by atoms with Gasteiger partial charge in [-0.15, -0.1) is 0 Å². The Labute approximate surface area is 112 Å². The highest BCUT2D eigenvalue weighted by Gasteiger charge is 2.09. The van der Waals surface area contributed by atoms with Crippen molar-refractivity contribution in [3.63, 3.8) is 0 Å². The lowest BCUT2D eigenvalue weighted by Gasteiger charge is -2.19. The molecule has 2 heterocycles. The van der Waals surface area contributed by atoms with Crippen LogP contribution in [0.15, 0.2) is 35.3 Å². The maximum atomic E-state index is 11.7. The molecule has 1 aliphatic heterocycles. The fraction of sp³-hybridized carbons (Fsp3) is 0.400. The second-order valence-electron chi connectivity index (χ2n) is 5.11. The standard InChI is InChI=1S/C15H19N3O/c19-15-14-3-2-12(10-13(14)4-6-17-15)11-18-8-1-5-16-7-9-18/h2-4,6,10,16H,1,5,7-9,11H2,(H,17,19). The average Bonchev–Trinajstić information content (AvgIpc) is 2.68. The summed E-state index contributed by atoms with van der Waals surface area (Å²) in [6.45, 7) is 5.37. The Hall–Kier alpha value is -1.65. The molecule has 0 radical (unpaired) electrons. The number of benzene rings is 1. The van der Waals surface area contributed by atoms with Crippen LogP contribution >= 0.6 is 0 Å². The molecule has 1 aromatic carbocycles. The number of pyridine rings is 1. The molecule has 0 bridgehead atoms. The van der Waals surface area contributed by atoms with Crippen molar-refractivity contribution in [1.82, 2.24) is 15.2 Å². The van der Waals surface area contributed by atoms with Gasteiger partial charge in [0.1, 0.15) is 0 Å². The van der Waals surface area contributed by atoms with E-state index in [0.717, 1.165) is 43.5 Å². The molecule has 100 valence electrons. The number of nitrogens with one attached hydrogen (secondary N) is 2. The summed E-state index contributed by atoms with van der Waals surface area (Å²) < 4.78 is 0. The topological polar surface area (TPSA) is 48.1 Å². The average molecular weight is 257 g/mol. The molecule has 1 fully saturated rings. The van der Waals surface area contributed by atoms with Crippen molar-refractivity contribution in [3.8, 4) is 0 Å². The molecule has 4 nitrogen and oxygen atoms in total. The van der Waals surface area contributed by atoms with Gasteiger partial charge in [0.2, 0.25) is 0 Å².